The second-order valence-electron chi connectivity index (χ2n) is 5.42. The van der Waals surface area contributed by atoms with Crippen LogP contribution in [0.15, 0.2) is 24.4 Å². The summed E-state index contributed by atoms with van der Waals surface area (Å²) in [6.07, 6.45) is 1.60. The van der Waals surface area contributed by atoms with Gasteiger partial charge in [0, 0.05) is 23.0 Å². The molecule has 0 spiro atoms. The smallest absolute Gasteiger partial charge is 0.323 e. The molecule has 1 aliphatic rings. The largest absolute Gasteiger partial charge is 0.480 e. The van der Waals surface area contributed by atoms with E-state index >= 15 is 0 Å². The fourth-order valence-corrected chi connectivity index (χ4v) is 3.15. The van der Waals surface area contributed by atoms with Gasteiger partial charge in [0.15, 0.2) is 0 Å². The highest BCUT2D eigenvalue weighted by atomic mass is 35.5. The predicted molar refractivity (Wildman–Crippen MR) is 92.9 cm³/mol. The monoisotopic (exact) mass is 367 g/mol. The van der Waals surface area contributed by atoms with Crippen LogP contribution >= 0.6 is 24.0 Å². The molecule has 24 heavy (non-hydrogen) atoms. The number of aliphatic carboxylic acids is 1. The maximum Gasteiger partial charge on any atom is 0.323 e. The van der Waals surface area contributed by atoms with Crippen LogP contribution in [0.5, 0.6) is 0 Å². The van der Waals surface area contributed by atoms with Gasteiger partial charge < -0.3 is 5.11 Å². The lowest BCUT2D eigenvalue weighted by molar-refractivity contribution is -0.136. The summed E-state index contributed by atoms with van der Waals surface area (Å²) in [5, 5.41) is 9.41. The van der Waals surface area contributed by atoms with E-state index in [-0.39, 0.29) is 23.5 Å². The Morgan fingerprint density at radius 1 is 1.46 bits per heavy atom. The van der Waals surface area contributed by atoms with E-state index in [9.17, 15) is 14.7 Å². The minimum absolute atomic E-state index is 0. The molecule has 0 saturated carbocycles. The fourth-order valence-electron chi connectivity index (χ4n) is 2.82. The molecule has 0 fully saturated rings. The number of anilines is 1. The van der Waals surface area contributed by atoms with Crippen LogP contribution in [-0.4, -0.2) is 33.5 Å². The highest BCUT2D eigenvalue weighted by Gasteiger charge is 2.34. The number of carboxylic acids is 1. The van der Waals surface area contributed by atoms with Gasteiger partial charge >= 0.3 is 5.97 Å². The number of amides is 1. The van der Waals surface area contributed by atoms with Gasteiger partial charge in [0.2, 0.25) is 5.91 Å². The lowest BCUT2D eigenvalue weighted by Crippen LogP contribution is -2.38. The third kappa shape index (κ3) is 2.95. The molecule has 126 valence electrons. The number of carbonyl (C=O) groups excluding carboxylic acids is 1. The van der Waals surface area contributed by atoms with Crippen LogP contribution < -0.4 is 4.90 Å². The Kier molecular flexibility index (Phi) is 5.11. The number of aromatic nitrogens is 2. The lowest BCUT2D eigenvalue weighted by Gasteiger charge is -2.23. The zero-order chi connectivity index (χ0) is 16.7. The Balaban J connectivity index is 0.00000208. The molecule has 1 atom stereocenters. The van der Waals surface area contributed by atoms with Crippen LogP contribution in [0.4, 0.5) is 5.69 Å². The van der Waals surface area contributed by atoms with E-state index in [0.29, 0.717) is 28.2 Å². The second kappa shape index (κ2) is 6.75. The van der Waals surface area contributed by atoms with E-state index in [1.807, 2.05) is 6.07 Å². The van der Waals surface area contributed by atoms with Gasteiger partial charge in [0.05, 0.1) is 17.3 Å². The summed E-state index contributed by atoms with van der Waals surface area (Å²) >= 11 is 6.32. The summed E-state index contributed by atoms with van der Waals surface area (Å²) in [5.41, 5.74) is 2.87. The zero-order valence-electron chi connectivity index (χ0n) is 13.0. The van der Waals surface area contributed by atoms with Crippen molar-refractivity contribution in [3.63, 3.8) is 0 Å². The molecule has 0 bridgehead atoms. The molecule has 6 nitrogen and oxygen atoms in total. The minimum Gasteiger partial charge on any atom is -0.480 e. The summed E-state index contributed by atoms with van der Waals surface area (Å²) in [4.78, 5) is 33.8. The van der Waals surface area contributed by atoms with Crippen molar-refractivity contribution in [2.75, 3.05) is 11.4 Å². The SMILES string of the molecule is Cc1cc2c(c(Cl)n1)-c1cccnc1[C@@H](C)C(=O)N2CC(=O)O.Cl. The number of carboxylic acid groups (broad SMARTS) is 1. The molecule has 0 aromatic carbocycles. The van der Waals surface area contributed by atoms with Crippen molar-refractivity contribution < 1.29 is 14.7 Å². The molecule has 0 unspecified atom stereocenters. The van der Waals surface area contributed by atoms with Crippen molar-refractivity contribution >= 4 is 41.6 Å². The second-order valence-corrected chi connectivity index (χ2v) is 5.78. The maximum atomic E-state index is 12.8. The van der Waals surface area contributed by atoms with Crippen LogP contribution in [0.2, 0.25) is 5.15 Å². The number of aryl methyl sites for hydroxylation is 1. The number of nitrogens with zero attached hydrogens (tertiary/aromatic N) is 3. The molecule has 0 radical (unpaired) electrons. The van der Waals surface area contributed by atoms with Gasteiger partial charge in [0.1, 0.15) is 11.7 Å². The molecule has 0 aliphatic carbocycles. The van der Waals surface area contributed by atoms with Gasteiger partial charge in [-0.3, -0.25) is 19.5 Å². The molecule has 8 heteroatoms. The fraction of sp³-hybridized carbons (Fsp3) is 0.250. The topological polar surface area (TPSA) is 83.4 Å². The molecule has 2 aromatic rings. The average Bonchev–Trinajstić information content (AvgIpc) is 2.57. The van der Waals surface area contributed by atoms with Crippen LogP contribution in [0.1, 0.15) is 24.2 Å². The summed E-state index contributed by atoms with van der Waals surface area (Å²) in [6, 6.07) is 5.25. The first-order chi connectivity index (χ1) is 10.9. The first kappa shape index (κ1) is 18.2. The first-order valence-corrected chi connectivity index (χ1v) is 7.43. The van der Waals surface area contributed by atoms with Crippen LogP contribution in [0.25, 0.3) is 11.1 Å². The molecule has 3 rings (SSSR count). The van der Waals surface area contributed by atoms with E-state index in [1.54, 1.807) is 32.2 Å². The van der Waals surface area contributed by atoms with Gasteiger partial charge in [0.25, 0.3) is 0 Å². The zero-order valence-corrected chi connectivity index (χ0v) is 14.6. The molecule has 1 amide bonds. The van der Waals surface area contributed by atoms with Gasteiger partial charge in [-0.15, -0.1) is 12.4 Å². The number of halogens is 2. The molecule has 2 aromatic heterocycles. The number of hydrogen-bond acceptors (Lipinski definition) is 4. The number of fused-ring (bicyclic) bond motifs is 3. The van der Waals surface area contributed by atoms with E-state index in [2.05, 4.69) is 9.97 Å². The van der Waals surface area contributed by atoms with Crippen LogP contribution in [-0.2, 0) is 9.59 Å². The van der Waals surface area contributed by atoms with Gasteiger partial charge in [-0.05, 0) is 26.0 Å². The van der Waals surface area contributed by atoms with Gasteiger partial charge in [-0.25, -0.2) is 4.98 Å². The molecule has 1 aliphatic heterocycles. The summed E-state index contributed by atoms with van der Waals surface area (Å²) in [7, 11) is 0. The summed E-state index contributed by atoms with van der Waals surface area (Å²) < 4.78 is 0. The Hall–Kier alpha value is -2.18. The summed E-state index contributed by atoms with van der Waals surface area (Å²) in [6.45, 7) is 3.01. The molecular formula is C16H15Cl2N3O3. The standard InChI is InChI=1S/C16H14ClN3O3.ClH/c1-8-6-11-13(15(17)19-8)10-4-3-5-18-14(10)9(2)16(23)20(11)7-12(21)22;/h3-6,9H,7H2,1-2H3,(H,21,22);1H/t9-;/m1./s1. The lowest BCUT2D eigenvalue weighted by atomic mass is 9.98. The Labute approximate surface area is 149 Å². The Morgan fingerprint density at radius 3 is 2.83 bits per heavy atom. The van der Waals surface area contributed by atoms with Crippen LogP contribution in [0, 0.1) is 6.92 Å². The van der Waals surface area contributed by atoms with E-state index in [1.165, 1.54) is 4.90 Å². The predicted octanol–water partition coefficient (Wildman–Crippen LogP) is 3.06. The Bertz CT molecular complexity index is 826. The van der Waals surface area contributed by atoms with Gasteiger partial charge in [-0.1, -0.05) is 17.7 Å². The molecule has 1 N–H and O–H groups in total. The highest BCUT2D eigenvalue weighted by molar-refractivity contribution is 6.33. The Morgan fingerprint density at radius 2 is 2.17 bits per heavy atom. The quantitative estimate of drug-likeness (QED) is 0.824. The molecule has 0 saturated heterocycles. The maximum absolute atomic E-state index is 12.8. The number of rotatable bonds is 2. The number of pyridine rings is 2. The number of carbonyl (C=O) groups is 2. The van der Waals surface area contributed by atoms with Crippen molar-refractivity contribution in [3.05, 3.63) is 40.9 Å². The minimum atomic E-state index is -1.10. The first-order valence-electron chi connectivity index (χ1n) is 7.05. The molecule has 3 heterocycles. The highest BCUT2D eigenvalue weighted by Crippen LogP contribution is 2.43. The van der Waals surface area contributed by atoms with E-state index in [4.69, 9.17) is 11.6 Å². The van der Waals surface area contributed by atoms with Crippen molar-refractivity contribution in [1.82, 2.24) is 9.97 Å². The van der Waals surface area contributed by atoms with Crippen molar-refractivity contribution in [3.8, 4) is 11.1 Å². The van der Waals surface area contributed by atoms with Crippen molar-refractivity contribution in [1.29, 1.82) is 0 Å². The third-order valence-corrected chi connectivity index (χ3v) is 4.09. The third-order valence-electron chi connectivity index (χ3n) is 3.82. The van der Waals surface area contributed by atoms with E-state index in [0.717, 1.165) is 0 Å². The average molecular weight is 368 g/mol. The van der Waals surface area contributed by atoms with Crippen LogP contribution in [0.3, 0.4) is 0 Å². The van der Waals surface area contributed by atoms with E-state index < -0.39 is 18.4 Å². The van der Waals surface area contributed by atoms with Crippen molar-refractivity contribution in [2.45, 2.75) is 19.8 Å². The van der Waals surface area contributed by atoms with Crippen molar-refractivity contribution in [2.24, 2.45) is 0 Å². The summed E-state index contributed by atoms with van der Waals surface area (Å²) in [5.74, 6) is -2.00. The molecular weight excluding hydrogens is 353 g/mol. The normalized spacial score (nSPS) is 15.9. The number of hydrogen-bond donors (Lipinski definition) is 1. The van der Waals surface area contributed by atoms with Gasteiger partial charge in [-0.2, -0.15) is 0 Å².